The second-order valence-corrected chi connectivity index (χ2v) is 4.07. The van der Waals surface area contributed by atoms with Crippen LogP contribution in [0, 0.1) is 10.1 Å². The number of nitrogens with two attached hydrogens (primary N) is 1. The fourth-order valence-corrected chi connectivity index (χ4v) is 1.66. The Labute approximate surface area is 114 Å². The van der Waals surface area contributed by atoms with Gasteiger partial charge in [0.1, 0.15) is 5.56 Å². The fourth-order valence-electron chi connectivity index (χ4n) is 1.66. The van der Waals surface area contributed by atoms with E-state index in [1.807, 2.05) is 30.3 Å². The largest absolute Gasteiger partial charge is 0.396 e. The number of rotatable bonds is 4. The minimum absolute atomic E-state index is 0.147. The van der Waals surface area contributed by atoms with Crippen LogP contribution < -0.4 is 11.1 Å². The van der Waals surface area contributed by atoms with Crippen molar-refractivity contribution in [2.45, 2.75) is 6.54 Å². The second kappa shape index (κ2) is 5.79. The summed E-state index contributed by atoms with van der Waals surface area (Å²) in [6.07, 6.45) is 1.14. The Morgan fingerprint density at radius 1 is 1.35 bits per heavy atom. The molecule has 0 saturated carbocycles. The molecule has 20 heavy (non-hydrogen) atoms. The fraction of sp³-hybridized carbons (Fsp3) is 0.0769. The monoisotopic (exact) mass is 272 g/mol. The van der Waals surface area contributed by atoms with E-state index in [1.54, 1.807) is 0 Å². The summed E-state index contributed by atoms with van der Waals surface area (Å²) in [4.78, 5) is 25.7. The molecule has 0 aliphatic heterocycles. The molecular formula is C13H12N4O3. The Bertz CT molecular complexity index is 643. The number of aromatic nitrogens is 1. The van der Waals surface area contributed by atoms with Crippen molar-refractivity contribution >= 4 is 17.4 Å². The van der Waals surface area contributed by atoms with E-state index >= 15 is 0 Å². The molecule has 1 aromatic carbocycles. The first-order valence-electron chi connectivity index (χ1n) is 5.80. The number of benzene rings is 1. The Balaban J connectivity index is 2.17. The molecule has 0 aliphatic carbocycles. The van der Waals surface area contributed by atoms with Gasteiger partial charge in [-0.15, -0.1) is 0 Å². The summed E-state index contributed by atoms with van der Waals surface area (Å²) in [6, 6.07) is 10.5. The number of nitro groups is 1. The van der Waals surface area contributed by atoms with Crippen LogP contribution in [0.3, 0.4) is 0 Å². The predicted molar refractivity (Wildman–Crippen MR) is 72.9 cm³/mol. The van der Waals surface area contributed by atoms with Gasteiger partial charge in [-0.25, -0.2) is 0 Å². The number of hydrogen-bond acceptors (Lipinski definition) is 5. The Morgan fingerprint density at radius 2 is 2.05 bits per heavy atom. The summed E-state index contributed by atoms with van der Waals surface area (Å²) in [7, 11) is 0. The lowest BCUT2D eigenvalue weighted by Gasteiger charge is -2.06. The first-order chi connectivity index (χ1) is 9.58. The molecule has 0 atom stereocenters. The third-order valence-corrected chi connectivity index (χ3v) is 2.60. The van der Waals surface area contributed by atoms with Gasteiger partial charge in [0.2, 0.25) is 0 Å². The number of hydrogen-bond donors (Lipinski definition) is 2. The number of nitrogens with one attached hydrogen (secondary N) is 1. The van der Waals surface area contributed by atoms with E-state index in [4.69, 9.17) is 5.73 Å². The van der Waals surface area contributed by atoms with Crippen LogP contribution in [0.15, 0.2) is 42.6 Å². The van der Waals surface area contributed by atoms with Crippen LogP contribution >= 0.6 is 0 Å². The van der Waals surface area contributed by atoms with Crippen molar-refractivity contribution in [3.05, 3.63) is 63.8 Å². The second-order valence-electron chi connectivity index (χ2n) is 4.07. The van der Waals surface area contributed by atoms with Crippen molar-refractivity contribution in [1.29, 1.82) is 0 Å². The summed E-state index contributed by atoms with van der Waals surface area (Å²) in [5, 5.41) is 13.4. The van der Waals surface area contributed by atoms with Crippen molar-refractivity contribution in [3.8, 4) is 0 Å². The number of carbonyl (C=O) groups excluding carboxylic acids is 1. The van der Waals surface area contributed by atoms with Gasteiger partial charge in [0, 0.05) is 6.54 Å². The third kappa shape index (κ3) is 3.08. The Kier molecular flexibility index (Phi) is 3.90. The average molecular weight is 272 g/mol. The zero-order valence-electron chi connectivity index (χ0n) is 10.4. The highest BCUT2D eigenvalue weighted by Crippen LogP contribution is 2.17. The maximum Gasteiger partial charge on any atom is 0.376 e. The first-order valence-corrected chi connectivity index (χ1v) is 5.80. The molecule has 7 nitrogen and oxygen atoms in total. The number of pyridine rings is 1. The molecule has 2 rings (SSSR count). The van der Waals surface area contributed by atoms with E-state index < -0.39 is 16.6 Å². The lowest BCUT2D eigenvalue weighted by atomic mass is 10.2. The lowest BCUT2D eigenvalue weighted by Crippen LogP contribution is -2.24. The van der Waals surface area contributed by atoms with E-state index in [0.29, 0.717) is 0 Å². The minimum Gasteiger partial charge on any atom is -0.396 e. The number of carbonyl (C=O) groups is 1. The van der Waals surface area contributed by atoms with Gasteiger partial charge in [-0.1, -0.05) is 30.3 Å². The summed E-state index contributed by atoms with van der Waals surface area (Å²) < 4.78 is 0. The SMILES string of the molecule is Nc1cnc([N+](=O)[O-])c(C(=O)NCc2ccccc2)c1. The molecule has 0 saturated heterocycles. The van der Waals surface area contributed by atoms with Crippen molar-refractivity contribution in [1.82, 2.24) is 10.3 Å². The van der Waals surface area contributed by atoms with Gasteiger partial charge in [-0.2, -0.15) is 0 Å². The molecule has 0 radical (unpaired) electrons. The van der Waals surface area contributed by atoms with E-state index in [0.717, 1.165) is 11.8 Å². The minimum atomic E-state index is -0.711. The van der Waals surface area contributed by atoms with Gasteiger partial charge in [0.05, 0.1) is 5.69 Å². The standard InChI is InChI=1S/C13H12N4O3/c14-10-6-11(12(15-8-10)17(19)20)13(18)16-7-9-4-2-1-3-5-9/h1-6,8H,7,14H2,(H,16,18). The predicted octanol–water partition coefficient (Wildman–Crippen LogP) is 1.50. The van der Waals surface area contributed by atoms with Crippen LogP contribution in [0.4, 0.5) is 11.5 Å². The molecule has 102 valence electrons. The van der Waals surface area contributed by atoms with Crippen molar-refractivity contribution < 1.29 is 9.72 Å². The molecule has 0 aliphatic rings. The first kappa shape index (κ1) is 13.5. The van der Waals surface area contributed by atoms with Gasteiger partial charge >= 0.3 is 5.82 Å². The highest BCUT2D eigenvalue weighted by molar-refractivity contribution is 5.98. The third-order valence-electron chi connectivity index (χ3n) is 2.60. The zero-order chi connectivity index (χ0) is 14.5. The number of nitrogen functional groups attached to an aromatic ring is 1. The van der Waals surface area contributed by atoms with E-state index in [9.17, 15) is 14.9 Å². The molecule has 0 spiro atoms. The number of anilines is 1. The lowest BCUT2D eigenvalue weighted by molar-refractivity contribution is -0.389. The van der Waals surface area contributed by atoms with Crippen LogP contribution in [0.1, 0.15) is 15.9 Å². The molecule has 1 heterocycles. The highest BCUT2D eigenvalue weighted by atomic mass is 16.6. The van der Waals surface area contributed by atoms with E-state index in [-0.39, 0.29) is 17.8 Å². The maximum absolute atomic E-state index is 12.0. The van der Waals surface area contributed by atoms with Crippen molar-refractivity contribution in [3.63, 3.8) is 0 Å². The molecule has 2 aromatic rings. The van der Waals surface area contributed by atoms with Gasteiger partial charge < -0.3 is 21.2 Å². The molecule has 1 aromatic heterocycles. The normalized spacial score (nSPS) is 10.0. The van der Waals surface area contributed by atoms with Crippen LogP contribution in [0.5, 0.6) is 0 Å². The highest BCUT2D eigenvalue weighted by Gasteiger charge is 2.21. The zero-order valence-corrected chi connectivity index (χ0v) is 10.4. The smallest absolute Gasteiger partial charge is 0.376 e. The Hall–Kier alpha value is -2.96. The number of amides is 1. The van der Waals surface area contributed by atoms with Crippen LogP contribution in [-0.2, 0) is 6.54 Å². The maximum atomic E-state index is 12.0. The van der Waals surface area contributed by atoms with Gasteiger partial charge in [0.25, 0.3) is 5.91 Å². The summed E-state index contributed by atoms with van der Waals surface area (Å²) >= 11 is 0. The van der Waals surface area contributed by atoms with E-state index in [1.165, 1.54) is 6.07 Å². The quantitative estimate of drug-likeness (QED) is 0.647. The van der Waals surface area contributed by atoms with Crippen molar-refractivity contribution in [2.75, 3.05) is 5.73 Å². The van der Waals surface area contributed by atoms with Gasteiger partial charge in [-0.3, -0.25) is 4.79 Å². The average Bonchev–Trinajstić information content (AvgIpc) is 2.45. The molecule has 1 amide bonds. The van der Waals surface area contributed by atoms with Gasteiger partial charge in [0.15, 0.2) is 6.20 Å². The topological polar surface area (TPSA) is 111 Å². The summed E-state index contributed by atoms with van der Waals surface area (Å²) in [6.45, 7) is 0.269. The van der Waals surface area contributed by atoms with Crippen molar-refractivity contribution in [2.24, 2.45) is 0 Å². The Morgan fingerprint density at radius 3 is 2.70 bits per heavy atom. The van der Waals surface area contributed by atoms with Crippen LogP contribution in [-0.4, -0.2) is 15.8 Å². The van der Waals surface area contributed by atoms with Gasteiger partial charge in [-0.05, 0) is 21.5 Å². The molecular weight excluding hydrogens is 260 g/mol. The van der Waals surface area contributed by atoms with Crippen LogP contribution in [0.25, 0.3) is 0 Å². The molecule has 0 fully saturated rings. The van der Waals surface area contributed by atoms with Crippen LogP contribution in [0.2, 0.25) is 0 Å². The molecule has 0 unspecified atom stereocenters. The summed E-state index contributed by atoms with van der Waals surface area (Å²) in [5.41, 5.74) is 6.44. The number of nitrogens with zero attached hydrogens (tertiary/aromatic N) is 2. The van der Waals surface area contributed by atoms with E-state index in [2.05, 4.69) is 10.3 Å². The molecule has 7 heteroatoms. The summed E-state index contributed by atoms with van der Waals surface area (Å²) in [5.74, 6) is -1.09. The molecule has 3 N–H and O–H groups in total. The molecule has 0 bridgehead atoms.